The molecule has 2 aliphatic rings. The molecule has 0 radical (unpaired) electrons. The van der Waals surface area contributed by atoms with Gasteiger partial charge in [-0.3, -0.25) is 0 Å². The van der Waals surface area contributed by atoms with Gasteiger partial charge in [-0.1, -0.05) is 66.2 Å². The molecule has 0 saturated carbocycles. The molecule has 2 aliphatic carbocycles. The van der Waals surface area contributed by atoms with E-state index in [0.717, 1.165) is 12.8 Å². The van der Waals surface area contributed by atoms with E-state index in [1.807, 2.05) is 0 Å². The van der Waals surface area contributed by atoms with Crippen LogP contribution in [0.4, 0.5) is 0 Å². The molecule has 3 aromatic carbocycles. The molecule has 0 N–H and O–H groups in total. The normalized spacial score (nSPS) is 18.6. The average molecular weight is 282 g/mol. The maximum absolute atomic E-state index is 2.40. The van der Waals surface area contributed by atoms with Gasteiger partial charge < -0.3 is 0 Å². The highest BCUT2D eigenvalue weighted by molar-refractivity contribution is 5.92. The summed E-state index contributed by atoms with van der Waals surface area (Å²) in [5.41, 5.74) is 9.00. The van der Waals surface area contributed by atoms with Gasteiger partial charge >= 0.3 is 0 Å². The molecule has 0 nitrogen and oxygen atoms in total. The van der Waals surface area contributed by atoms with Gasteiger partial charge in [-0.15, -0.1) is 0 Å². The van der Waals surface area contributed by atoms with Crippen molar-refractivity contribution in [3.63, 3.8) is 0 Å². The Morgan fingerprint density at radius 2 is 1.55 bits per heavy atom. The molecule has 0 unspecified atom stereocenters. The molecule has 22 heavy (non-hydrogen) atoms. The summed E-state index contributed by atoms with van der Waals surface area (Å²) in [4.78, 5) is 0. The molecule has 1 atom stereocenters. The van der Waals surface area contributed by atoms with E-state index in [4.69, 9.17) is 0 Å². The molecular weight excluding hydrogens is 264 g/mol. The second kappa shape index (κ2) is 4.33. The molecule has 0 saturated heterocycles. The lowest BCUT2D eigenvalue weighted by Gasteiger charge is -2.16. The SMILES string of the molecule is CC1=Cc2c(cccc2[C@@H]2Cc3cccc4cccc2c34)C1. The molecule has 0 bridgehead atoms. The van der Waals surface area contributed by atoms with Crippen LogP contribution in [0, 0.1) is 0 Å². The van der Waals surface area contributed by atoms with Crippen molar-refractivity contribution in [1.29, 1.82) is 0 Å². The molecule has 5 rings (SSSR count). The molecular formula is C22H18. The van der Waals surface area contributed by atoms with Crippen molar-refractivity contribution in [3.05, 3.63) is 88.0 Å². The van der Waals surface area contributed by atoms with Crippen molar-refractivity contribution in [2.45, 2.75) is 25.7 Å². The van der Waals surface area contributed by atoms with Gasteiger partial charge in [0.05, 0.1) is 0 Å². The van der Waals surface area contributed by atoms with E-state index in [1.165, 1.54) is 44.2 Å². The zero-order chi connectivity index (χ0) is 14.7. The predicted molar refractivity (Wildman–Crippen MR) is 93.3 cm³/mol. The zero-order valence-corrected chi connectivity index (χ0v) is 12.8. The maximum Gasteiger partial charge on any atom is 0.0142 e. The fourth-order valence-electron chi connectivity index (χ4n) is 4.38. The summed E-state index contributed by atoms with van der Waals surface area (Å²) in [6.45, 7) is 2.24. The Hall–Kier alpha value is -2.34. The molecule has 3 aromatic rings. The monoisotopic (exact) mass is 282 g/mol. The minimum absolute atomic E-state index is 0.512. The first-order valence-electron chi connectivity index (χ1n) is 8.11. The Kier molecular flexibility index (Phi) is 2.41. The summed E-state index contributed by atoms with van der Waals surface area (Å²) in [6, 6.07) is 20.4. The van der Waals surface area contributed by atoms with Crippen molar-refractivity contribution in [1.82, 2.24) is 0 Å². The number of benzene rings is 3. The van der Waals surface area contributed by atoms with Crippen LogP contribution >= 0.6 is 0 Å². The summed E-state index contributed by atoms with van der Waals surface area (Å²) < 4.78 is 0. The van der Waals surface area contributed by atoms with Gasteiger partial charge in [0.2, 0.25) is 0 Å². The molecule has 0 aromatic heterocycles. The smallest absolute Gasteiger partial charge is 0.0142 e. The van der Waals surface area contributed by atoms with Crippen LogP contribution in [0.3, 0.4) is 0 Å². The summed E-state index contributed by atoms with van der Waals surface area (Å²) in [5, 5.41) is 2.88. The third kappa shape index (κ3) is 1.58. The fraction of sp³-hybridized carbons (Fsp3) is 0.182. The van der Waals surface area contributed by atoms with Gasteiger partial charge in [-0.25, -0.2) is 0 Å². The lowest BCUT2D eigenvalue weighted by atomic mass is 9.87. The van der Waals surface area contributed by atoms with Crippen molar-refractivity contribution in [2.75, 3.05) is 0 Å². The molecule has 0 heterocycles. The Morgan fingerprint density at radius 1 is 0.818 bits per heavy atom. The van der Waals surface area contributed by atoms with E-state index in [-0.39, 0.29) is 0 Å². The number of fused-ring (bicyclic) bond motifs is 1. The summed E-state index contributed by atoms with van der Waals surface area (Å²) >= 11 is 0. The van der Waals surface area contributed by atoms with Crippen LogP contribution in [0.15, 0.2) is 60.2 Å². The fourth-order valence-corrected chi connectivity index (χ4v) is 4.38. The van der Waals surface area contributed by atoms with Gasteiger partial charge in [0, 0.05) is 5.92 Å². The zero-order valence-electron chi connectivity index (χ0n) is 12.8. The van der Waals surface area contributed by atoms with E-state index in [2.05, 4.69) is 67.6 Å². The van der Waals surface area contributed by atoms with Crippen molar-refractivity contribution in [2.24, 2.45) is 0 Å². The van der Waals surface area contributed by atoms with Crippen LogP contribution in [0.25, 0.3) is 16.8 Å². The molecule has 0 fully saturated rings. The van der Waals surface area contributed by atoms with E-state index < -0.39 is 0 Å². The molecule has 0 aliphatic heterocycles. The first kappa shape index (κ1) is 12.2. The Bertz CT molecular complexity index is 938. The Labute approximate surface area is 131 Å². The minimum Gasteiger partial charge on any atom is -0.0683 e. The lowest BCUT2D eigenvalue weighted by Crippen LogP contribution is -2.02. The molecule has 106 valence electrons. The van der Waals surface area contributed by atoms with Gasteiger partial charge in [-0.2, -0.15) is 0 Å². The Morgan fingerprint density at radius 3 is 2.45 bits per heavy atom. The van der Waals surface area contributed by atoms with Crippen molar-refractivity contribution in [3.8, 4) is 0 Å². The highest BCUT2D eigenvalue weighted by atomic mass is 14.3. The number of rotatable bonds is 1. The van der Waals surface area contributed by atoms with Gasteiger partial charge in [-0.05, 0) is 58.4 Å². The first-order valence-corrected chi connectivity index (χ1v) is 8.11. The molecule has 0 amide bonds. The van der Waals surface area contributed by atoms with Crippen LogP contribution in [-0.2, 0) is 12.8 Å². The second-order valence-corrected chi connectivity index (χ2v) is 6.71. The largest absolute Gasteiger partial charge is 0.0683 e. The van der Waals surface area contributed by atoms with Gasteiger partial charge in [0.15, 0.2) is 0 Å². The van der Waals surface area contributed by atoms with E-state index in [1.54, 1.807) is 0 Å². The standard InChI is InChI=1S/C22H18/c1-14-11-16-7-4-9-18(20(16)12-14)21-13-17-8-2-5-15-6-3-10-19(21)22(15)17/h2-10,12,21H,11,13H2,1H3/t21-/m0/s1. The van der Waals surface area contributed by atoms with Gasteiger partial charge in [0.25, 0.3) is 0 Å². The summed E-state index contributed by atoms with van der Waals surface area (Å²) in [5.74, 6) is 0.512. The Balaban J connectivity index is 1.75. The highest BCUT2D eigenvalue weighted by Crippen LogP contribution is 2.44. The number of hydrogen-bond donors (Lipinski definition) is 0. The van der Waals surface area contributed by atoms with Crippen molar-refractivity contribution >= 4 is 16.8 Å². The minimum atomic E-state index is 0.512. The number of allylic oxidation sites excluding steroid dienone is 1. The average Bonchev–Trinajstić information content (AvgIpc) is 3.09. The topological polar surface area (TPSA) is 0 Å². The maximum atomic E-state index is 2.40. The third-order valence-electron chi connectivity index (χ3n) is 5.29. The quantitative estimate of drug-likeness (QED) is 0.554. The molecule has 0 spiro atoms. The lowest BCUT2D eigenvalue weighted by molar-refractivity contribution is 0.844. The van der Waals surface area contributed by atoms with Crippen molar-refractivity contribution < 1.29 is 0 Å². The summed E-state index contributed by atoms with van der Waals surface area (Å²) in [6.07, 6.45) is 4.65. The molecule has 0 heteroatoms. The second-order valence-electron chi connectivity index (χ2n) is 6.71. The van der Waals surface area contributed by atoms with Gasteiger partial charge in [0.1, 0.15) is 0 Å². The van der Waals surface area contributed by atoms with Crippen LogP contribution in [0.5, 0.6) is 0 Å². The van der Waals surface area contributed by atoms with Crippen LogP contribution in [-0.4, -0.2) is 0 Å². The summed E-state index contributed by atoms with van der Waals surface area (Å²) in [7, 11) is 0. The highest BCUT2D eigenvalue weighted by Gasteiger charge is 2.28. The number of hydrogen-bond acceptors (Lipinski definition) is 0. The van der Waals surface area contributed by atoms with E-state index in [9.17, 15) is 0 Å². The van der Waals surface area contributed by atoms with Crippen LogP contribution in [0.1, 0.15) is 40.7 Å². The van der Waals surface area contributed by atoms with Crippen LogP contribution < -0.4 is 0 Å². The first-order chi connectivity index (χ1) is 10.8. The third-order valence-corrected chi connectivity index (χ3v) is 5.29. The van der Waals surface area contributed by atoms with E-state index >= 15 is 0 Å². The van der Waals surface area contributed by atoms with Crippen LogP contribution in [0.2, 0.25) is 0 Å². The predicted octanol–water partition coefficient (Wildman–Crippen LogP) is 5.49. The van der Waals surface area contributed by atoms with E-state index in [0.29, 0.717) is 5.92 Å².